The Balaban J connectivity index is 1.17. The summed E-state index contributed by atoms with van der Waals surface area (Å²) in [6.07, 6.45) is 2.80. The number of rotatable bonds is 14. The number of methoxy groups -OCH3 is 2. The molecule has 16 heteroatoms. The number of ether oxygens (including phenoxy) is 2. The Morgan fingerprint density at radius 2 is 0.954 bits per heavy atom. The topological polar surface area (TPSA) is 179 Å². The van der Waals surface area contributed by atoms with Crippen LogP contribution < -0.4 is 31.4 Å². The highest BCUT2D eigenvalue weighted by molar-refractivity contribution is 6.88. The second-order valence-electron chi connectivity index (χ2n) is 19.1. The van der Waals surface area contributed by atoms with Gasteiger partial charge in [-0.15, -0.1) is 0 Å². The summed E-state index contributed by atoms with van der Waals surface area (Å²) in [5.41, 5.74) is 4.58. The molecule has 15 nitrogen and oxygen atoms in total. The van der Waals surface area contributed by atoms with Gasteiger partial charge in [0.1, 0.15) is 24.2 Å². The van der Waals surface area contributed by atoms with E-state index in [9.17, 15) is 28.8 Å². The minimum absolute atomic E-state index is 0.0364. The van der Waals surface area contributed by atoms with Crippen LogP contribution in [-0.2, 0) is 28.7 Å². The summed E-state index contributed by atoms with van der Waals surface area (Å²) in [5, 5.41) is 12.7. The molecule has 350 valence electrons. The third kappa shape index (κ3) is 11.3. The Morgan fingerprint density at radius 1 is 0.569 bits per heavy atom. The van der Waals surface area contributed by atoms with Crippen LogP contribution in [-0.4, -0.2) is 105 Å². The zero-order chi connectivity index (χ0) is 47.2. The number of amides is 6. The summed E-state index contributed by atoms with van der Waals surface area (Å²) in [7, 11) is 0.954. The first-order chi connectivity index (χ1) is 30.9. The van der Waals surface area contributed by atoms with Crippen molar-refractivity contribution in [1.29, 1.82) is 0 Å². The second-order valence-corrected chi connectivity index (χ2v) is 24.2. The predicted octanol–water partition coefficient (Wildman–Crippen LogP) is 6.93. The Bertz CT molecular complexity index is 2050. The van der Waals surface area contributed by atoms with Gasteiger partial charge in [0.15, 0.2) is 0 Å². The first kappa shape index (κ1) is 48.6. The summed E-state index contributed by atoms with van der Waals surface area (Å²) >= 11 is 0. The number of alkyl carbamates (subject to hydrolysis) is 2. The fraction of sp³-hybridized carbons (Fsp3) is 0.510. The lowest BCUT2D eigenvalue weighted by Gasteiger charge is -2.34. The van der Waals surface area contributed by atoms with Crippen molar-refractivity contribution in [2.24, 2.45) is 11.8 Å². The molecular weight excluding hydrogens is 843 g/mol. The number of hydrogen-bond donors (Lipinski definition) is 4. The van der Waals surface area contributed by atoms with Crippen LogP contribution in [0.4, 0.5) is 26.7 Å². The van der Waals surface area contributed by atoms with Gasteiger partial charge >= 0.3 is 12.2 Å². The quantitative estimate of drug-likeness (QED) is 0.125. The number of carbonyl (C=O) groups is 6. The molecule has 6 amide bonds. The van der Waals surface area contributed by atoms with E-state index in [4.69, 9.17) is 9.47 Å². The van der Waals surface area contributed by atoms with E-state index < -0.39 is 44.4 Å². The number of benzene rings is 3. The van der Waals surface area contributed by atoms with E-state index in [-0.39, 0.29) is 47.5 Å². The number of nitrogens with one attached hydrogen (secondary N) is 4. The molecule has 0 radical (unpaired) electrons. The van der Waals surface area contributed by atoms with E-state index in [1.54, 1.807) is 9.80 Å². The molecule has 4 N–H and O–H groups in total. The fourth-order valence-corrected chi connectivity index (χ4v) is 10.5. The van der Waals surface area contributed by atoms with Gasteiger partial charge in [0, 0.05) is 30.2 Å². The molecule has 3 saturated heterocycles. The molecule has 0 unspecified atom stereocenters. The summed E-state index contributed by atoms with van der Waals surface area (Å²) in [6, 6.07) is 22.0. The maximum Gasteiger partial charge on any atom is 0.407 e. The van der Waals surface area contributed by atoms with Crippen LogP contribution in [0.1, 0.15) is 89.4 Å². The van der Waals surface area contributed by atoms with Gasteiger partial charge in [-0.2, -0.15) is 0 Å². The zero-order valence-corrected chi connectivity index (χ0v) is 40.3. The van der Waals surface area contributed by atoms with Crippen LogP contribution in [0.5, 0.6) is 0 Å². The SMILES string of the molecule is COC(=O)N[C@H](C(=O)N1CCC[C@H]1C(=O)Nc1ccc([C@H]2CC[C@@H](c3ccc(NC(=O)[C@@H]4CCCN4C(=O)[C@@H](NC(=O)OC)C(C)C)cc3)N2c2ccc([Si](C)(C)C)cc2)cc1)C(C)C. The highest BCUT2D eigenvalue weighted by Crippen LogP contribution is 2.47. The lowest BCUT2D eigenvalue weighted by atomic mass is 10.0. The van der Waals surface area contributed by atoms with Crippen molar-refractivity contribution in [2.45, 2.75) is 122 Å². The normalized spacial score (nSPS) is 20.6. The molecule has 3 aliphatic rings. The number of anilines is 3. The average Bonchev–Trinajstić information content (AvgIpc) is 4.08. The van der Waals surface area contributed by atoms with E-state index in [1.165, 1.54) is 19.4 Å². The third-order valence-corrected chi connectivity index (χ3v) is 15.1. The van der Waals surface area contributed by atoms with Gasteiger partial charge in [0.2, 0.25) is 23.6 Å². The first-order valence-electron chi connectivity index (χ1n) is 22.9. The molecule has 0 bridgehead atoms. The molecule has 3 fully saturated rings. The van der Waals surface area contributed by atoms with Crippen LogP contribution >= 0.6 is 0 Å². The summed E-state index contributed by atoms with van der Waals surface area (Å²) in [5.74, 6) is -1.54. The van der Waals surface area contributed by atoms with Gasteiger partial charge in [-0.1, -0.05) is 88.9 Å². The van der Waals surface area contributed by atoms with E-state index in [1.807, 2.05) is 52.0 Å². The fourth-order valence-electron chi connectivity index (χ4n) is 9.35. The van der Waals surface area contributed by atoms with Crippen LogP contribution in [0.25, 0.3) is 0 Å². The molecule has 0 spiro atoms. The number of nitrogens with zero attached hydrogens (tertiary/aromatic N) is 3. The largest absolute Gasteiger partial charge is 0.453 e. The Hall–Kier alpha value is -5.90. The van der Waals surface area contributed by atoms with Gasteiger partial charge in [-0.3, -0.25) is 19.2 Å². The Labute approximate surface area is 384 Å². The third-order valence-electron chi connectivity index (χ3n) is 13.0. The summed E-state index contributed by atoms with van der Waals surface area (Å²) in [6.45, 7) is 15.2. The van der Waals surface area contributed by atoms with E-state index in [0.29, 0.717) is 50.1 Å². The molecule has 0 saturated carbocycles. The lowest BCUT2D eigenvalue weighted by Crippen LogP contribution is -2.54. The van der Waals surface area contributed by atoms with E-state index in [0.717, 1.165) is 29.7 Å². The highest BCUT2D eigenvalue weighted by atomic mass is 28.3. The minimum atomic E-state index is -1.55. The Morgan fingerprint density at radius 3 is 1.29 bits per heavy atom. The molecular formula is C49H67N7O8Si. The van der Waals surface area contributed by atoms with Gasteiger partial charge in [-0.25, -0.2) is 9.59 Å². The van der Waals surface area contributed by atoms with E-state index in [2.05, 4.69) is 94.3 Å². The molecule has 0 aliphatic carbocycles. The van der Waals surface area contributed by atoms with Crippen molar-refractivity contribution < 1.29 is 38.2 Å². The van der Waals surface area contributed by atoms with Gasteiger partial charge in [0.05, 0.1) is 34.4 Å². The van der Waals surface area contributed by atoms with Gasteiger partial charge in [0.25, 0.3) is 0 Å². The van der Waals surface area contributed by atoms with Gasteiger partial charge in [-0.05, 0) is 97.9 Å². The Kier molecular flexibility index (Phi) is 15.6. The van der Waals surface area contributed by atoms with Crippen LogP contribution in [0.3, 0.4) is 0 Å². The van der Waals surface area contributed by atoms with Crippen molar-refractivity contribution in [1.82, 2.24) is 20.4 Å². The standard InChI is InChI=1S/C49H67N7O8Si/c1-30(2)42(52-48(61)63-5)46(59)54-28-10-12-40(54)44(57)50-34-18-14-32(15-19-34)38-26-27-39(56(38)36-22-24-37(25-23-36)65(7,8)9)33-16-20-35(21-17-33)51-45(58)41-13-11-29-55(41)47(60)43(31(3)4)53-49(62)64-6/h14-25,30-31,38-43H,10-13,26-29H2,1-9H3,(H,50,57)(H,51,58)(H,52,61)(H,53,62)/t38-,39+,40-,41-,42-,43-/m0/s1. The summed E-state index contributed by atoms with van der Waals surface area (Å²) < 4.78 is 9.49. The van der Waals surface area contributed by atoms with Gasteiger partial charge < -0.3 is 45.4 Å². The molecule has 3 aromatic rings. The first-order valence-corrected chi connectivity index (χ1v) is 26.4. The average molecular weight is 910 g/mol. The van der Waals surface area contributed by atoms with Crippen molar-refractivity contribution in [3.8, 4) is 0 Å². The zero-order valence-electron chi connectivity index (χ0n) is 39.3. The second kappa shape index (κ2) is 20.9. The maximum absolute atomic E-state index is 13.7. The van der Waals surface area contributed by atoms with Crippen molar-refractivity contribution in [2.75, 3.05) is 42.8 Å². The van der Waals surface area contributed by atoms with Crippen molar-refractivity contribution >= 4 is 66.1 Å². The number of likely N-dealkylation sites (tertiary alicyclic amines) is 2. The van der Waals surface area contributed by atoms with Crippen molar-refractivity contribution in [3.63, 3.8) is 0 Å². The monoisotopic (exact) mass is 909 g/mol. The van der Waals surface area contributed by atoms with Crippen LogP contribution in [0.2, 0.25) is 19.6 Å². The maximum atomic E-state index is 13.7. The molecule has 3 aromatic carbocycles. The molecule has 6 rings (SSSR count). The molecule has 6 atom stereocenters. The summed E-state index contributed by atoms with van der Waals surface area (Å²) in [4.78, 5) is 84.1. The van der Waals surface area contributed by atoms with Crippen LogP contribution in [0.15, 0.2) is 72.8 Å². The smallest absolute Gasteiger partial charge is 0.407 e. The number of carbonyl (C=O) groups excluding carboxylic acids is 6. The molecule has 3 heterocycles. The van der Waals surface area contributed by atoms with Crippen LogP contribution in [0, 0.1) is 11.8 Å². The van der Waals surface area contributed by atoms with Crippen molar-refractivity contribution in [3.05, 3.63) is 83.9 Å². The predicted molar refractivity (Wildman–Crippen MR) is 255 cm³/mol. The lowest BCUT2D eigenvalue weighted by molar-refractivity contribution is -0.139. The number of hydrogen-bond acceptors (Lipinski definition) is 9. The molecule has 0 aromatic heterocycles. The molecule has 65 heavy (non-hydrogen) atoms. The van der Waals surface area contributed by atoms with E-state index >= 15 is 0 Å². The molecule has 3 aliphatic heterocycles. The minimum Gasteiger partial charge on any atom is -0.453 e. The highest BCUT2D eigenvalue weighted by Gasteiger charge is 2.41.